The Morgan fingerprint density at radius 1 is 1.00 bits per heavy atom. The molecule has 0 aliphatic carbocycles. The Kier molecular flexibility index (Phi) is 5.62. The van der Waals surface area contributed by atoms with Crippen molar-refractivity contribution in [3.63, 3.8) is 0 Å². The number of aryl methyl sites for hydroxylation is 1. The van der Waals surface area contributed by atoms with E-state index in [4.69, 9.17) is 5.73 Å². The van der Waals surface area contributed by atoms with Gasteiger partial charge in [-0.2, -0.15) is 0 Å². The van der Waals surface area contributed by atoms with E-state index < -0.39 is 0 Å². The van der Waals surface area contributed by atoms with Crippen molar-refractivity contribution in [2.45, 2.75) is 18.9 Å². The first-order chi connectivity index (χ1) is 14.0. The minimum Gasteiger partial charge on any atom is -0.369 e. The SMILES string of the molecule is NC(=O)CN1C[C@H]2CN(C(=O)CCc3ccc(F)cc3)[C@H](c3ccccc3)[C@H]2C1. The second-order valence-corrected chi connectivity index (χ2v) is 8.11. The molecule has 2 heterocycles. The summed E-state index contributed by atoms with van der Waals surface area (Å²) in [5.41, 5.74) is 7.48. The van der Waals surface area contributed by atoms with E-state index in [1.54, 1.807) is 12.1 Å². The van der Waals surface area contributed by atoms with Gasteiger partial charge >= 0.3 is 0 Å². The van der Waals surface area contributed by atoms with E-state index >= 15 is 0 Å². The van der Waals surface area contributed by atoms with Crippen molar-refractivity contribution in [1.82, 2.24) is 9.80 Å². The number of hydrogen-bond donors (Lipinski definition) is 1. The van der Waals surface area contributed by atoms with Crippen LogP contribution >= 0.6 is 0 Å². The van der Waals surface area contributed by atoms with Gasteiger partial charge in [-0.3, -0.25) is 14.5 Å². The fraction of sp³-hybridized carbons (Fsp3) is 0.391. The molecule has 29 heavy (non-hydrogen) atoms. The molecule has 2 amide bonds. The Bertz CT molecular complexity index is 871. The monoisotopic (exact) mass is 395 g/mol. The van der Waals surface area contributed by atoms with Gasteiger partial charge in [0.05, 0.1) is 12.6 Å². The summed E-state index contributed by atoms with van der Waals surface area (Å²) in [4.78, 5) is 28.6. The molecule has 0 spiro atoms. The quantitative estimate of drug-likeness (QED) is 0.817. The number of halogens is 1. The number of nitrogens with two attached hydrogens (primary N) is 1. The van der Waals surface area contributed by atoms with E-state index in [-0.39, 0.29) is 30.2 Å². The third kappa shape index (κ3) is 4.32. The number of amides is 2. The van der Waals surface area contributed by atoms with Crippen LogP contribution in [0, 0.1) is 17.7 Å². The number of nitrogens with zero attached hydrogens (tertiary/aromatic N) is 2. The number of carbonyl (C=O) groups excluding carboxylic acids is 2. The van der Waals surface area contributed by atoms with E-state index in [2.05, 4.69) is 17.0 Å². The van der Waals surface area contributed by atoms with E-state index in [1.807, 2.05) is 23.1 Å². The van der Waals surface area contributed by atoms with Gasteiger partial charge in [0.25, 0.3) is 0 Å². The van der Waals surface area contributed by atoms with Gasteiger partial charge in [0.1, 0.15) is 5.82 Å². The molecule has 2 fully saturated rings. The molecule has 2 N–H and O–H groups in total. The van der Waals surface area contributed by atoms with Crippen LogP contribution in [0.5, 0.6) is 0 Å². The predicted molar refractivity (Wildman–Crippen MR) is 108 cm³/mol. The van der Waals surface area contributed by atoms with Crippen LogP contribution in [-0.2, 0) is 16.0 Å². The molecule has 3 atom stereocenters. The van der Waals surface area contributed by atoms with Crippen molar-refractivity contribution in [2.75, 3.05) is 26.2 Å². The highest BCUT2D eigenvalue weighted by atomic mass is 19.1. The molecule has 2 aromatic carbocycles. The van der Waals surface area contributed by atoms with Crippen molar-refractivity contribution in [2.24, 2.45) is 17.6 Å². The molecule has 6 heteroatoms. The molecule has 2 aromatic rings. The van der Waals surface area contributed by atoms with Crippen molar-refractivity contribution >= 4 is 11.8 Å². The summed E-state index contributed by atoms with van der Waals surface area (Å²) in [5, 5.41) is 0. The van der Waals surface area contributed by atoms with Crippen molar-refractivity contribution in [3.05, 3.63) is 71.5 Å². The lowest BCUT2D eigenvalue weighted by atomic mass is 9.89. The first-order valence-electron chi connectivity index (χ1n) is 10.1. The number of rotatable bonds is 6. The minimum atomic E-state index is -0.312. The second-order valence-electron chi connectivity index (χ2n) is 8.11. The molecule has 0 unspecified atom stereocenters. The van der Waals surface area contributed by atoms with Crippen LogP contribution in [0.15, 0.2) is 54.6 Å². The minimum absolute atomic E-state index is 0.0137. The average molecular weight is 395 g/mol. The average Bonchev–Trinajstić information content (AvgIpc) is 3.24. The molecule has 0 radical (unpaired) electrons. The van der Waals surface area contributed by atoms with Gasteiger partial charge in [0.15, 0.2) is 0 Å². The molecular weight excluding hydrogens is 369 g/mol. The number of primary amides is 1. The Morgan fingerprint density at radius 3 is 2.41 bits per heavy atom. The summed E-state index contributed by atoms with van der Waals surface area (Å²) in [5.74, 6) is 0.186. The van der Waals surface area contributed by atoms with Crippen LogP contribution in [0.1, 0.15) is 23.6 Å². The molecular formula is C23H26FN3O2. The lowest BCUT2D eigenvalue weighted by molar-refractivity contribution is -0.133. The normalized spacial score (nSPS) is 23.9. The fourth-order valence-corrected chi connectivity index (χ4v) is 4.87. The van der Waals surface area contributed by atoms with Crippen LogP contribution < -0.4 is 5.73 Å². The van der Waals surface area contributed by atoms with E-state index in [0.717, 1.165) is 24.2 Å². The number of carbonyl (C=O) groups is 2. The van der Waals surface area contributed by atoms with Gasteiger partial charge in [-0.15, -0.1) is 0 Å². The van der Waals surface area contributed by atoms with E-state index in [1.165, 1.54) is 12.1 Å². The molecule has 2 saturated heterocycles. The van der Waals surface area contributed by atoms with Crippen LogP contribution in [0.2, 0.25) is 0 Å². The van der Waals surface area contributed by atoms with Crippen molar-refractivity contribution < 1.29 is 14.0 Å². The van der Waals surface area contributed by atoms with Gasteiger partial charge in [-0.1, -0.05) is 42.5 Å². The highest BCUT2D eigenvalue weighted by Gasteiger charge is 2.48. The van der Waals surface area contributed by atoms with Crippen LogP contribution in [0.3, 0.4) is 0 Å². The highest BCUT2D eigenvalue weighted by molar-refractivity contribution is 5.78. The first-order valence-corrected chi connectivity index (χ1v) is 10.1. The highest BCUT2D eigenvalue weighted by Crippen LogP contribution is 2.45. The lowest BCUT2D eigenvalue weighted by Crippen LogP contribution is -2.38. The fourth-order valence-electron chi connectivity index (χ4n) is 4.87. The molecule has 0 saturated carbocycles. The Balaban J connectivity index is 1.49. The molecule has 152 valence electrons. The summed E-state index contributed by atoms with van der Waals surface area (Å²) in [7, 11) is 0. The molecule has 0 aromatic heterocycles. The number of benzene rings is 2. The smallest absolute Gasteiger partial charge is 0.231 e. The van der Waals surface area contributed by atoms with Crippen molar-refractivity contribution in [1.29, 1.82) is 0 Å². The van der Waals surface area contributed by atoms with Gasteiger partial charge in [0.2, 0.25) is 11.8 Å². The maximum absolute atomic E-state index is 13.1. The van der Waals surface area contributed by atoms with E-state index in [0.29, 0.717) is 31.2 Å². The third-order valence-electron chi connectivity index (χ3n) is 6.12. The Labute approximate surface area is 170 Å². The van der Waals surface area contributed by atoms with Gasteiger partial charge < -0.3 is 10.6 Å². The molecule has 5 nitrogen and oxygen atoms in total. The summed E-state index contributed by atoms with van der Waals surface area (Å²) in [6.45, 7) is 2.53. The maximum atomic E-state index is 13.1. The van der Waals surface area contributed by atoms with E-state index in [9.17, 15) is 14.0 Å². The third-order valence-corrected chi connectivity index (χ3v) is 6.12. The van der Waals surface area contributed by atoms with Crippen LogP contribution in [-0.4, -0.2) is 47.8 Å². The lowest BCUT2D eigenvalue weighted by Gasteiger charge is -2.30. The van der Waals surface area contributed by atoms with Gasteiger partial charge in [-0.05, 0) is 35.6 Å². The largest absolute Gasteiger partial charge is 0.369 e. The summed E-state index contributed by atoms with van der Waals surface area (Å²) in [6, 6.07) is 16.5. The standard InChI is InChI=1S/C23H26FN3O2/c24-19-9-6-16(7-10-19)8-11-22(29)27-13-18-12-26(15-21(25)28)14-20(18)23(27)17-4-2-1-3-5-17/h1-7,9-10,18,20,23H,8,11-15H2,(H2,25,28)/t18-,20-,23+/m0/s1. The predicted octanol–water partition coefficient (Wildman–Crippen LogP) is 2.38. The van der Waals surface area contributed by atoms with Gasteiger partial charge in [-0.25, -0.2) is 4.39 Å². The molecule has 2 aliphatic rings. The zero-order valence-electron chi connectivity index (χ0n) is 16.3. The summed E-state index contributed by atoms with van der Waals surface area (Å²) < 4.78 is 13.1. The maximum Gasteiger partial charge on any atom is 0.231 e. The van der Waals surface area contributed by atoms with Crippen molar-refractivity contribution in [3.8, 4) is 0 Å². The molecule has 2 aliphatic heterocycles. The number of fused-ring (bicyclic) bond motifs is 1. The summed E-state index contributed by atoms with van der Waals surface area (Å²) >= 11 is 0. The zero-order chi connectivity index (χ0) is 20.4. The molecule has 0 bridgehead atoms. The number of likely N-dealkylation sites (tertiary alicyclic amines) is 2. The number of hydrogen-bond acceptors (Lipinski definition) is 3. The Morgan fingerprint density at radius 2 is 1.72 bits per heavy atom. The topological polar surface area (TPSA) is 66.6 Å². The van der Waals surface area contributed by atoms with Crippen LogP contribution in [0.4, 0.5) is 4.39 Å². The molecule has 4 rings (SSSR count). The first kappa shape index (κ1) is 19.6. The Hall–Kier alpha value is -2.73. The van der Waals surface area contributed by atoms with Gasteiger partial charge in [0, 0.05) is 32.0 Å². The zero-order valence-corrected chi connectivity index (χ0v) is 16.3. The summed E-state index contributed by atoms with van der Waals surface area (Å²) in [6.07, 6.45) is 1.000. The second kappa shape index (κ2) is 8.33. The van der Waals surface area contributed by atoms with Crippen LogP contribution in [0.25, 0.3) is 0 Å².